The van der Waals surface area contributed by atoms with E-state index in [-0.39, 0.29) is 5.91 Å². The van der Waals surface area contributed by atoms with Crippen LogP contribution in [-0.4, -0.2) is 23.9 Å². The van der Waals surface area contributed by atoms with Crippen molar-refractivity contribution in [2.24, 2.45) is 0 Å². The van der Waals surface area contributed by atoms with Crippen molar-refractivity contribution < 1.29 is 14.3 Å². The van der Waals surface area contributed by atoms with Gasteiger partial charge in [0.1, 0.15) is 11.8 Å². The van der Waals surface area contributed by atoms with Crippen LogP contribution in [0.25, 0.3) is 10.9 Å². The Labute approximate surface area is 139 Å². The van der Waals surface area contributed by atoms with Crippen LogP contribution >= 0.6 is 0 Å². The van der Waals surface area contributed by atoms with Gasteiger partial charge in [-0.05, 0) is 37.3 Å². The Kier molecular flexibility index (Phi) is 4.33. The maximum Gasteiger partial charge on any atom is 0.247 e. The summed E-state index contributed by atoms with van der Waals surface area (Å²) in [6.45, 7) is 1.80. The zero-order chi connectivity index (χ0) is 17.1. The number of carbonyl (C=O) groups is 2. The highest BCUT2D eigenvalue weighted by Crippen LogP contribution is 2.28. The first kappa shape index (κ1) is 15.8. The average molecular weight is 322 g/mol. The maximum atomic E-state index is 12.5. The standard InChI is InChI=1S/C19H18N2O3/c1-13(19(23)20-15-6-4-3-5-7-15)21-11-14(12-22)17-10-16(24-2)8-9-18(17)21/h3-13H,1-2H3,(H,20,23). The lowest BCUT2D eigenvalue weighted by molar-refractivity contribution is -0.118. The molecule has 1 aromatic heterocycles. The zero-order valence-electron chi connectivity index (χ0n) is 13.5. The van der Waals surface area contributed by atoms with E-state index < -0.39 is 6.04 Å². The second-order valence-electron chi connectivity index (χ2n) is 5.52. The molecule has 1 unspecified atom stereocenters. The molecule has 0 radical (unpaired) electrons. The molecule has 122 valence electrons. The van der Waals surface area contributed by atoms with E-state index in [0.717, 1.165) is 22.9 Å². The lowest BCUT2D eigenvalue weighted by Gasteiger charge is -2.15. The molecule has 0 saturated carbocycles. The van der Waals surface area contributed by atoms with Crippen molar-refractivity contribution in [3.8, 4) is 5.75 Å². The van der Waals surface area contributed by atoms with E-state index in [9.17, 15) is 9.59 Å². The maximum absolute atomic E-state index is 12.5. The number of methoxy groups -OCH3 is 1. The summed E-state index contributed by atoms with van der Waals surface area (Å²) in [6.07, 6.45) is 2.49. The third-order valence-corrected chi connectivity index (χ3v) is 4.04. The fourth-order valence-corrected chi connectivity index (χ4v) is 2.70. The Hall–Kier alpha value is -3.08. The lowest BCUT2D eigenvalue weighted by atomic mass is 10.2. The van der Waals surface area contributed by atoms with E-state index >= 15 is 0 Å². The summed E-state index contributed by atoms with van der Waals surface area (Å²) in [4.78, 5) is 23.9. The van der Waals surface area contributed by atoms with Crippen molar-refractivity contribution in [2.75, 3.05) is 12.4 Å². The van der Waals surface area contributed by atoms with Gasteiger partial charge in [-0.3, -0.25) is 9.59 Å². The summed E-state index contributed by atoms with van der Waals surface area (Å²) >= 11 is 0. The summed E-state index contributed by atoms with van der Waals surface area (Å²) in [5.41, 5.74) is 2.08. The molecule has 5 nitrogen and oxygen atoms in total. The first-order valence-corrected chi connectivity index (χ1v) is 7.63. The molecular weight excluding hydrogens is 304 g/mol. The number of nitrogens with one attached hydrogen (secondary N) is 1. The third kappa shape index (κ3) is 2.88. The minimum absolute atomic E-state index is 0.147. The molecule has 1 amide bonds. The van der Waals surface area contributed by atoms with E-state index in [1.54, 1.807) is 30.9 Å². The number of aromatic nitrogens is 1. The molecule has 0 aliphatic carbocycles. The second kappa shape index (κ2) is 6.58. The van der Waals surface area contributed by atoms with E-state index in [0.29, 0.717) is 11.3 Å². The van der Waals surface area contributed by atoms with Crippen molar-refractivity contribution >= 4 is 28.8 Å². The second-order valence-corrected chi connectivity index (χ2v) is 5.52. The summed E-state index contributed by atoms with van der Waals surface area (Å²) in [5.74, 6) is 0.524. The van der Waals surface area contributed by atoms with Crippen molar-refractivity contribution in [1.82, 2.24) is 4.57 Å². The van der Waals surface area contributed by atoms with Crippen molar-refractivity contribution in [3.05, 3.63) is 60.3 Å². The Balaban J connectivity index is 1.96. The molecule has 0 aliphatic rings. The Morgan fingerprint density at radius 2 is 1.96 bits per heavy atom. The Morgan fingerprint density at radius 1 is 1.21 bits per heavy atom. The topological polar surface area (TPSA) is 60.3 Å². The van der Waals surface area contributed by atoms with Crippen LogP contribution in [0.2, 0.25) is 0 Å². The minimum atomic E-state index is -0.463. The fourth-order valence-electron chi connectivity index (χ4n) is 2.70. The van der Waals surface area contributed by atoms with Crippen molar-refractivity contribution in [2.45, 2.75) is 13.0 Å². The molecule has 1 N–H and O–H groups in total. The number of hydrogen-bond donors (Lipinski definition) is 1. The van der Waals surface area contributed by atoms with Crippen LogP contribution in [-0.2, 0) is 4.79 Å². The van der Waals surface area contributed by atoms with Crippen LogP contribution in [0.15, 0.2) is 54.7 Å². The van der Waals surface area contributed by atoms with Gasteiger partial charge in [-0.25, -0.2) is 0 Å². The molecule has 1 heterocycles. The molecule has 24 heavy (non-hydrogen) atoms. The minimum Gasteiger partial charge on any atom is -0.497 e. The number of carbonyl (C=O) groups excluding carboxylic acids is 2. The smallest absolute Gasteiger partial charge is 0.247 e. The molecule has 2 aromatic carbocycles. The van der Waals surface area contributed by atoms with Gasteiger partial charge in [0.25, 0.3) is 0 Å². The average Bonchev–Trinajstić information content (AvgIpc) is 2.99. The van der Waals surface area contributed by atoms with Gasteiger partial charge in [-0.2, -0.15) is 0 Å². The molecule has 1 atom stereocenters. The summed E-state index contributed by atoms with van der Waals surface area (Å²) in [7, 11) is 1.58. The van der Waals surface area contributed by atoms with Crippen LogP contribution in [0.4, 0.5) is 5.69 Å². The van der Waals surface area contributed by atoms with E-state index in [1.165, 1.54) is 0 Å². The fraction of sp³-hybridized carbons (Fsp3) is 0.158. The monoisotopic (exact) mass is 322 g/mol. The first-order valence-electron chi connectivity index (χ1n) is 7.63. The number of nitrogens with zero attached hydrogens (tertiary/aromatic N) is 1. The predicted molar refractivity (Wildman–Crippen MR) is 93.7 cm³/mol. The quantitative estimate of drug-likeness (QED) is 0.729. The molecule has 0 aliphatic heterocycles. The van der Waals surface area contributed by atoms with E-state index in [4.69, 9.17) is 4.74 Å². The number of aldehydes is 1. The largest absolute Gasteiger partial charge is 0.497 e. The molecule has 0 bridgehead atoms. The van der Waals surface area contributed by atoms with E-state index in [2.05, 4.69) is 5.32 Å². The van der Waals surface area contributed by atoms with Gasteiger partial charge < -0.3 is 14.6 Å². The highest BCUT2D eigenvalue weighted by Gasteiger charge is 2.19. The molecule has 0 spiro atoms. The number of amides is 1. The summed E-state index contributed by atoms with van der Waals surface area (Å²) in [5, 5.41) is 3.65. The van der Waals surface area contributed by atoms with E-state index in [1.807, 2.05) is 42.5 Å². The van der Waals surface area contributed by atoms with Crippen LogP contribution < -0.4 is 10.1 Å². The number of fused-ring (bicyclic) bond motifs is 1. The van der Waals surface area contributed by atoms with Gasteiger partial charge in [0, 0.05) is 28.4 Å². The molecule has 0 saturated heterocycles. The Morgan fingerprint density at radius 3 is 2.62 bits per heavy atom. The summed E-state index contributed by atoms with van der Waals surface area (Å²) in [6, 6.07) is 14.3. The Bertz CT molecular complexity index is 884. The van der Waals surface area contributed by atoms with Crippen LogP contribution in [0.5, 0.6) is 5.75 Å². The first-order chi connectivity index (χ1) is 11.6. The zero-order valence-corrected chi connectivity index (χ0v) is 13.5. The normalized spacial score (nSPS) is 11.9. The van der Waals surface area contributed by atoms with Crippen LogP contribution in [0.1, 0.15) is 23.3 Å². The number of hydrogen-bond acceptors (Lipinski definition) is 3. The van der Waals surface area contributed by atoms with Gasteiger partial charge in [-0.15, -0.1) is 0 Å². The lowest BCUT2D eigenvalue weighted by Crippen LogP contribution is -2.23. The van der Waals surface area contributed by atoms with Crippen molar-refractivity contribution in [3.63, 3.8) is 0 Å². The van der Waals surface area contributed by atoms with Gasteiger partial charge in [-0.1, -0.05) is 18.2 Å². The van der Waals surface area contributed by atoms with Gasteiger partial charge in [0.05, 0.1) is 7.11 Å². The molecule has 5 heteroatoms. The third-order valence-electron chi connectivity index (χ3n) is 4.04. The number of benzene rings is 2. The highest BCUT2D eigenvalue weighted by molar-refractivity contribution is 6.00. The van der Waals surface area contributed by atoms with Crippen LogP contribution in [0, 0.1) is 0 Å². The van der Waals surface area contributed by atoms with Gasteiger partial charge in [0.2, 0.25) is 5.91 Å². The molecule has 3 aromatic rings. The predicted octanol–water partition coefficient (Wildman–Crippen LogP) is 3.66. The number of ether oxygens (including phenoxy) is 1. The number of para-hydroxylation sites is 1. The van der Waals surface area contributed by atoms with Gasteiger partial charge in [0.15, 0.2) is 6.29 Å². The molecule has 0 fully saturated rings. The van der Waals surface area contributed by atoms with Crippen LogP contribution in [0.3, 0.4) is 0 Å². The molecule has 3 rings (SSSR count). The van der Waals surface area contributed by atoms with Crippen molar-refractivity contribution in [1.29, 1.82) is 0 Å². The molecular formula is C19H18N2O3. The van der Waals surface area contributed by atoms with Gasteiger partial charge >= 0.3 is 0 Å². The number of rotatable bonds is 5. The summed E-state index contributed by atoms with van der Waals surface area (Å²) < 4.78 is 7.02. The number of anilines is 1. The SMILES string of the molecule is COc1ccc2c(c1)c(C=O)cn2C(C)C(=O)Nc1ccccc1. The highest BCUT2D eigenvalue weighted by atomic mass is 16.5.